The highest BCUT2D eigenvalue weighted by Gasteiger charge is 2.37. The predicted octanol–water partition coefficient (Wildman–Crippen LogP) is 2.98. The molecule has 1 aliphatic carbocycles. The van der Waals surface area contributed by atoms with E-state index >= 15 is 0 Å². The molecule has 0 aromatic heterocycles. The van der Waals surface area contributed by atoms with Crippen molar-refractivity contribution in [3.63, 3.8) is 0 Å². The summed E-state index contributed by atoms with van der Waals surface area (Å²) >= 11 is 11.6. The van der Waals surface area contributed by atoms with E-state index in [1.807, 2.05) is 0 Å². The third-order valence-electron chi connectivity index (χ3n) is 2.83. The zero-order chi connectivity index (χ0) is 14.0. The molecule has 1 fully saturated rings. The molecule has 1 aromatic carbocycles. The van der Waals surface area contributed by atoms with E-state index in [2.05, 4.69) is 10.6 Å². The van der Waals surface area contributed by atoms with Crippen molar-refractivity contribution in [3.05, 3.63) is 28.2 Å². The Bertz CT molecular complexity index is 518. The van der Waals surface area contributed by atoms with Crippen LogP contribution in [0.3, 0.4) is 0 Å². The molecule has 1 aromatic rings. The molecule has 0 spiro atoms. The first-order valence-electron chi connectivity index (χ1n) is 5.73. The van der Waals surface area contributed by atoms with E-state index in [-0.39, 0.29) is 5.92 Å². The van der Waals surface area contributed by atoms with Gasteiger partial charge in [-0.05, 0) is 37.0 Å². The number of aliphatic carboxylic acids is 1. The number of amides is 2. The van der Waals surface area contributed by atoms with Crippen LogP contribution in [0.25, 0.3) is 0 Å². The van der Waals surface area contributed by atoms with Crippen molar-refractivity contribution in [1.29, 1.82) is 0 Å². The van der Waals surface area contributed by atoms with Crippen molar-refractivity contribution in [2.75, 3.05) is 5.32 Å². The molecule has 0 aliphatic heterocycles. The number of carboxylic acid groups (broad SMARTS) is 1. The minimum absolute atomic E-state index is 0.0175. The summed E-state index contributed by atoms with van der Waals surface area (Å²) in [5.74, 6) is -1.01. The summed E-state index contributed by atoms with van der Waals surface area (Å²) in [6.45, 7) is 0. The van der Waals surface area contributed by atoms with Crippen LogP contribution in [0.4, 0.5) is 10.5 Å². The number of halogens is 2. The SMILES string of the molecule is O=C(Nc1ccc(Cl)cc1Cl)NC(C(=O)O)C1CC1. The monoisotopic (exact) mass is 302 g/mol. The maximum Gasteiger partial charge on any atom is 0.326 e. The van der Waals surface area contributed by atoms with Crippen molar-refractivity contribution in [2.45, 2.75) is 18.9 Å². The Labute approximate surface area is 119 Å². The third-order valence-corrected chi connectivity index (χ3v) is 3.37. The minimum atomic E-state index is -1.03. The van der Waals surface area contributed by atoms with Crippen molar-refractivity contribution >= 4 is 40.9 Å². The summed E-state index contributed by atoms with van der Waals surface area (Å²) in [5.41, 5.74) is 0.378. The Morgan fingerprint density at radius 2 is 2.00 bits per heavy atom. The Hall–Kier alpha value is -1.46. The van der Waals surface area contributed by atoms with E-state index in [1.54, 1.807) is 12.1 Å². The first-order valence-corrected chi connectivity index (χ1v) is 6.48. The maximum absolute atomic E-state index is 11.7. The number of hydrogen-bond acceptors (Lipinski definition) is 2. The Balaban J connectivity index is 1.98. The van der Waals surface area contributed by atoms with Gasteiger partial charge in [0.05, 0.1) is 10.7 Å². The molecule has 1 unspecified atom stereocenters. The number of rotatable bonds is 4. The van der Waals surface area contributed by atoms with Gasteiger partial charge < -0.3 is 15.7 Å². The van der Waals surface area contributed by atoms with Gasteiger partial charge >= 0.3 is 12.0 Å². The van der Waals surface area contributed by atoms with E-state index in [0.29, 0.717) is 15.7 Å². The average molecular weight is 303 g/mol. The van der Waals surface area contributed by atoms with Gasteiger partial charge in [0, 0.05) is 5.02 Å². The molecule has 0 saturated heterocycles. The van der Waals surface area contributed by atoms with Crippen molar-refractivity contribution < 1.29 is 14.7 Å². The number of carbonyl (C=O) groups excluding carboxylic acids is 1. The van der Waals surface area contributed by atoms with Crippen LogP contribution in [0.2, 0.25) is 10.0 Å². The average Bonchev–Trinajstić information content (AvgIpc) is 3.13. The summed E-state index contributed by atoms with van der Waals surface area (Å²) in [4.78, 5) is 22.7. The van der Waals surface area contributed by atoms with Gasteiger partial charge in [0.2, 0.25) is 0 Å². The molecular weight excluding hydrogens is 291 g/mol. The molecule has 1 aliphatic rings. The maximum atomic E-state index is 11.7. The highest BCUT2D eigenvalue weighted by atomic mass is 35.5. The quantitative estimate of drug-likeness (QED) is 0.800. The number of carboxylic acids is 1. The molecule has 19 heavy (non-hydrogen) atoms. The van der Waals surface area contributed by atoms with Crippen LogP contribution in [0.5, 0.6) is 0 Å². The number of urea groups is 1. The van der Waals surface area contributed by atoms with Gasteiger partial charge in [-0.1, -0.05) is 23.2 Å². The lowest BCUT2D eigenvalue weighted by molar-refractivity contribution is -0.139. The number of benzene rings is 1. The van der Waals surface area contributed by atoms with Crippen molar-refractivity contribution in [3.8, 4) is 0 Å². The molecule has 0 radical (unpaired) electrons. The molecule has 102 valence electrons. The largest absolute Gasteiger partial charge is 0.480 e. The molecule has 3 N–H and O–H groups in total. The molecule has 1 atom stereocenters. The Kier molecular flexibility index (Phi) is 4.17. The van der Waals surface area contributed by atoms with E-state index in [0.717, 1.165) is 12.8 Å². The number of nitrogens with one attached hydrogen (secondary N) is 2. The molecule has 7 heteroatoms. The van der Waals surface area contributed by atoms with E-state index in [9.17, 15) is 9.59 Å². The van der Waals surface area contributed by atoms with Gasteiger partial charge in [-0.25, -0.2) is 9.59 Å². The number of hydrogen-bond donors (Lipinski definition) is 3. The van der Waals surface area contributed by atoms with Crippen LogP contribution in [0.15, 0.2) is 18.2 Å². The first-order chi connectivity index (χ1) is 8.97. The van der Waals surface area contributed by atoms with Crippen molar-refractivity contribution in [2.24, 2.45) is 5.92 Å². The van der Waals surface area contributed by atoms with Gasteiger partial charge in [-0.15, -0.1) is 0 Å². The fraction of sp³-hybridized carbons (Fsp3) is 0.333. The highest BCUT2D eigenvalue weighted by molar-refractivity contribution is 6.36. The lowest BCUT2D eigenvalue weighted by Crippen LogP contribution is -2.44. The van der Waals surface area contributed by atoms with Crippen LogP contribution < -0.4 is 10.6 Å². The molecule has 5 nitrogen and oxygen atoms in total. The molecule has 1 saturated carbocycles. The zero-order valence-corrected chi connectivity index (χ0v) is 11.3. The van der Waals surface area contributed by atoms with Gasteiger partial charge in [0.25, 0.3) is 0 Å². The zero-order valence-electron chi connectivity index (χ0n) is 9.82. The summed E-state index contributed by atoms with van der Waals surface area (Å²) in [6.07, 6.45) is 1.64. The van der Waals surface area contributed by atoms with Gasteiger partial charge in [0.1, 0.15) is 6.04 Å². The minimum Gasteiger partial charge on any atom is -0.480 e. The smallest absolute Gasteiger partial charge is 0.326 e. The molecular formula is C12H12Cl2N2O3. The normalized spacial score (nSPS) is 15.7. The van der Waals surface area contributed by atoms with E-state index < -0.39 is 18.0 Å². The lowest BCUT2D eigenvalue weighted by Gasteiger charge is -2.14. The van der Waals surface area contributed by atoms with Gasteiger partial charge in [-0.3, -0.25) is 0 Å². The van der Waals surface area contributed by atoms with Crippen LogP contribution in [-0.4, -0.2) is 23.1 Å². The van der Waals surface area contributed by atoms with Gasteiger partial charge in [0.15, 0.2) is 0 Å². The second kappa shape index (κ2) is 5.67. The second-order valence-electron chi connectivity index (χ2n) is 4.38. The highest BCUT2D eigenvalue weighted by Crippen LogP contribution is 2.33. The topological polar surface area (TPSA) is 78.4 Å². The summed E-state index contributed by atoms with van der Waals surface area (Å²) < 4.78 is 0. The Morgan fingerprint density at radius 3 is 2.53 bits per heavy atom. The van der Waals surface area contributed by atoms with Gasteiger partial charge in [-0.2, -0.15) is 0 Å². The third kappa shape index (κ3) is 3.75. The Morgan fingerprint density at radius 1 is 1.32 bits per heavy atom. The van der Waals surface area contributed by atoms with E-state index in [4.69, 9.17) is 28.3 Å². The van der Waals surface area contributed by atoms with Crippen LogP contribution >= 0.6 is 23.2 Å². The molecule has 0 bridgehead atoms. The summed E-state index contributed by atoms with van der Waals surface area (Å²) in [5, 5.41) is 14.7. The molecule has 0 heterocycles. The van der Waals surface area contributed by atoms with Crippen molar-refractivity contribution in [1.82, 2.24) is 5.32 Å². The molecule has 2 rings (SSSR count). The second-order valence-corrected chi connectivity index (χ2v) is 5.22. The molecule has 2 amide bonds. The lowest BCUT2D eigenvalue weighted by atomic mass is 10.2. The van der Waals surface area contributed by atoms with Crippen LogP contribution in [-0.2, 0) is 4.79 Å². The number of carbonyl (C=O) groups is 2. The summed E-state index contributed by atoms with van der Waals surface area (Å²) in [7, 11) is 0. The predicted molar refractivity (Wildman–Crippen MR) is 72.8 cm³/mol. The fourth-order valence-electron chi connectivity index (χ4n) is 1.70. The van der Waals surface area contributed by atoms with E-state index in [1.165, 1.54) is 6.07 Å². The fourth-order valence-corrected chi connectivity index (χ4v) is 2.16. The standard InChI is InChI=1S/C12H12Cl2N2O3/c13-7-3-4-9(8(14)5-7)15-12(19)16-10(11(17)18)6-1-2-6/h3-6,10H,1-2H2,(H,17,18)(H2,15,16,19). The number of anilines is 1. The first kappa shape index (κ1) is 14.0. The summed E-state index contributed by atoms with van der Waals surface area (Å²) in [6, 6.07) is 3.18. The van der Waals surface area contributed by atoms with Crippen LogP contribution in [0.1, 0.15) is 12.8 Å². The van der Waals surface area contributed by atoms with Crippen LogP contribution in [0, 0.1) is 5.92 Å².